The third-order valence-electron chi connectivity index (χ3n) is 5.99. The van der Waals surface area contributed by atoms with Gasteiger partial charge in [0.2, 0.25) is 6.71 Å². The molecule has 0 nitrogen and oxygen atoms in total. The Labute approximate surface area is 172 Å². The standard InChI is InChI=1S/C27H33B/c1-17(2)24-9-11-25(12-10-24)28(26-20(5)13-18(3)14-21(26)6)27-22(7)15-19(4)16-23(27)8/h9-17H,1-8H3. The molecule has 0 saturated carbocycles. The van der Waals surface area contributed by atoms with Crippen molar-refractivity contribution in [2.75, 3.05) is 0 Å². The summed E-state index contributed by atoms with van der Waals surface area (Å²) < 4.78 is 0. The first-order chi connectivity index (χ1) is 13.2. The highest BCUT2D eigenvalue weighted by Gasteiger charge is 2.28. The second-order valence-electron chi connectivity index (χ2n) is 8.88. The molecular weight excluding hydrogens is 335 g/mol. The Kier molecular flexibility index (Phi) is 5.84. The fourth-order valence-corrected chi connectivity index (χ4v) is 4.84. The van der Waals surface area contributed by atoms with Crippen molar-refractivity contribution in [1.82, 2.24) is 0 Å². The molecule has 0 heterocycles. The fraction of sp³-hybridized carbons (Fsp3) is 0.333. The molecule has 0 unspecified atom stereocenters. The van der Waals surface area contributed by atoms with Crippen LogP contribution >= 0.6 is 0 Å². The number of hydrogen-bond donors (Lipinski definition) is 0. The minimum absolute atomic E-state index is 0.266. The Morgan fingerprint density at radius 2 is 0.929 bits per heavy atom. The van der Waals surface area contributed by atoms with Crippen LogP contribution in [0, 0.1) is 41.5 Å². The Morgan fingerprint density at radius 1 is 0.571 bits per heavy atom. The first kappa shape index (κ1) is 20.5. The molecule has 0 saturated heterocycles. The fourth-order valence-electron chi connectivity index (χ4n) is 4.84. The zero-order valence-electron chi connectivity index (χ0n) is 18.8. The van der Waals surface area contributed by atoms with Gasteiger partial charge in [-0.2, -0.15) is 0 Å². The zero-order valence-corrected chi connectivity index (χ0v) is 18.8. The molecule has 144 valence electrons. The van der Waals surface area contributed by atoms with Gasteiger partial charge in [0, 0.05) is 0 Å². The van der Waals surface area contributed by atoms with Crippen LogP contribution in [-0.2, 0) is 0 Å². The van der Waals surface area contributed by atoms with Crippen molar-refractivity contribution >= 4 is 23.1 Å². The van der Waals surface area contributed by atoms with E-state index in [0.717, 1.165) is 0 Å². The molecule has 0 atom stereocenters. The summed E-state index contributed by atoms with van der Waals surface area (Å²) in [6.07, 6.45) is 0. The lowest BCUT2D eigenvalue weighted by molar-refractivity contribution is 0.867. The molecule has 3 aromatic carbocycles. The van der Waals surface area contributed by atoms with Crippen LogP contribution in [0.5, 0.6) is 0 Å². The van der Waals surface area contributed by atoms with Crippen molar-refractivity contribution in [3.05, 3.63) is 87.5 Å². The predicted molar refractivity (Wildman–Crippen MR) is 126 cm³/mol. The molecule has 0 aliphatic rings. The van der Waals surface area contributed by atoms with E-state index in [1.165, 1.54) is 55.3 Å². The normalized spacial score (nSPS) is 11.2. The summed E-state index contributed by atoms with van der Waals surface area (Å²) in [5.41, 5.74) is 13.9. The van der Waals surface area contributed by atoms with Crippen molar-refractivity contribution in [2.24, 2.45) is 0 Å². The van der Waals surface area contributed by atoms with Gasteiger partial charge in [-0.1, -0.05) is 112 Å². The number of hydrogen-bond acceptors (Lipinski definition) is 0. The van der Waals surface area contributed by atoms with Crippen molar-refractivity contribution in [1.29, 1.82) is 0 Å². The van der Waals surface area contributed by atoms with E-state index in [1.54, 1.807) is 0 Å². The predicted octanol–water partition coefficient (Wildman–Crippen LogP) is 5.18. The van der Waals surface area contributed by atoms with E-state index in [0.29, 0.717) is 5.92 Å². The second kappa shape index (κ2) is 7.99. The van der Waals surface area contributed by atoms with E-state index in [4.69, 9.17) is 0 Å². The van der Waals surface area contributed by atoms with Crippen LogP contribution in [0.25, 0.3) is 0 Å². The smallest absolute Gasteiger partial charge is 0.0686 e. The van der Waals surface area contributed by atoms with E-state index < -0.39 is 0 Å². The highest BCUT2D eigenvalue weighted by atomic mass is 14.1. The minimum atomic E-state index is 0.266. The first-order valence-electron chi connectivity index (χ1n) is 10.4. The van der Waals surface area contributed by atoms with Crippen LogP contribution in [0.1, 0.15) is 58.7 Å². The lowest BCUT2D eigenvalue weighted by Crippen LogP contribution is -2.55. The summed E-state index contributed by atoms with van der Waals surface area (Å²) in [7, 11) is 0. The topological polar surface area (TPSA) is 0 Å². The van der Waals surface area contributed by atoms with Crippen LogP contribution in [0.15, 0.2) is 48.5 Å². The molecule has 0 aromatic heterocycles. The average Bonchev–Trinajstić information content (AvgIpc) is 2.58. The summed E-state index contributed by atoms with van der Waals surface area (Å²) >= 11 is 0. The molecule has 0 amide bonds. The summed E-state index contributed by atoms with van der Waals surface area (Å²) in [5, 5.41) is 0. The van der Waals surface area contributed by atoms with Gasteiger partial charge in [0.15, 0.2) is 0 Å². The zero-order chi connectivity index (χ0) is 20.6. The Morgan fingerprint density at radius 3 is 1.25 bits per heavy atom. The quantitative estimate of drug-likeness (QED) is 0.557. The summed E-state index contributed by atoms with van der Waals surface area (Å²) in [6.45, 7) is 18.2. The van der Waals surface area contributed by atoms with Gasteiger partial charge in [-0.3, -0.25) is 0 Å². The van der Waals surface area contributed by atoms with Crippen molar-refractivity contribution in [2.45, 2.75) is 61.3 Å². The Balaban J connectivity index is 2.30. The summed E-state index contributed by atoms with van der Waals surface area (Å²) in [6, 6.07) is 18.6. The third kappa shape index (κ3) is 3.95. The molecule has 0 spiro atoms. The van der Waals surface area contributed by atoms with Gasteiger partial charge < -0.3 is 0 Å². The Bertz CT molecular complexity index is 890. The molecule has 1 heteroatoms. The maximum Gasteiger partial charge on any atom is 0.242 e. The lowest BCUT2D eigenvalue weighted by atomic mass is 9.34. The van der Waals surface area contributed by atoms with Gasteiger partial charge >= 0.3 is 0 Å². The van der Waals surface area contributed by atoms with Gasteiger partial charge in [-0.15, -0.1) is 0 Å². The monoisotopic (exact) mass is 368 g/mol. The van der Waals surface area contributed by atoms with E-state index in [1.807, 2.05) is 0 Å². The van der Waals surface area contributed by atoms with Gasteiger partial charge in [0.25, 0.3) is 0 Å². The molecular formula is C27H33B. The molecule has 0 radical (unpaired) electrons. The molecule has 0 fully saturated rings. The van der Waals surface area contributed by atoms with Crippen LogP contribution in [-0.4, -0.2) is 6.71 Å². The first-order valence-corrected chi connectivity index (χ1v) is 10.4. The maximum absolute atomic E-state index is 2.34. The number of benzene rings is 3. The highest BCUT2D eigenvalue weighted by molar-refractivity contribution is 6.96. The number of rotatable bonds is 4. The van der Waals surface area contributed by atoms with Gasteiger partial charge in [0.05, 0.1) is 0 Å². The summed E-state index contributed by atoms with van der Waals surface area (Å²) in [4.78, 5) is 0. The van der Waals surface area contributed by atoms with Crippen molar-refractivity contribution in [3.63, 3.8) is 0 Å². The van der Waals surface area contributed by atoms with Crippen molar-refractivity contribution < 1.29 is 0 Å². The third-order valence-corrected chi connectivity index (χ3v) is 5.99. The Hall–Kier alpha value is -2.28. The number of aryl methyl sites for hydroxylation is 6. The summed E-state index contributed by atoms with van der Waals surface area (Å²) in [5.74, 6) is 0.554. The van der Waals surface area contributed by atoms with Gasteiger partial charge in [-0.05, 0) is 53.0 Å². The largest absolute Gasteiger partial charge is 0.242 e. The van der Waals surface area contributed by atoms with Crippen LogP contribution < -0.4 is 16.4 Å². The molecule has 0 aliphatic heterocycles. The van der Waals surface area contributed by atoms with E-state index >= 15 is 0 Å². The molecule has 0 aliphatic carbocycles. The average molecular weight is 368 g/mol. The van der Waals surface area contributed by atoms with Gasteiger partial charge in [0.1, 0.15) is 0 Å². The van der Waals surface area contributed by atoms with E-state index in [2.05, 4.69) is 104 Å². The second-order valence-corrected chi connectivity index (χ2v) is 8.88. The minimum Gasteiger partial charge on any atom is -0.0686 e. The SMILES string of the molecule is Cc1cc(C)c(B(c2ccc(C(C)C)cc2)c2c(C)cc(C)cc2C)c(C)c1. The molecule has 3 aromatic rings. The van der Waals surface area contributed by atoms with Crippen LogP contribution in [0.3, 0.4) is 0 Å². The van der Waals surface area contributed by atoms with Gasteiger partial charge in [-0.25, -0.2) is 0 Å². The molecule has 0 N–H and O–H groups in total. The molecule has 28 heavy (non-hydrogen) atoms. The van der Waals surface area contributed by atoms with E-state index in [9.17, 15) is 0 Å². The highest BCUT2D eigenvalue weighted by Crippen LogP contribution is 2.15. The van der Waals surface area contributed by atoms with Crippen LogP contribution in [0.4, 0.5) is 0 Å². The molecule has 3 rings (SSSR count). The van der Waals surface area contributed by atoms with Crippen LogP contribution in [0.2, 0.25) is 0 Å². The van der Waals surface area contributed by atoms with E-state index in [-0.39, 0.29) is 6.71 Å². The molecule has 0 bridgehead atoms. The van der Waals surface area contributed by atoms with Crippen molar-refractivity contribution in [3.8, 4) is 0 Å². The maximum atomic E-state index is 2.34. The lowest BCUT2D eigenvalue weighted by Gasteiger charge is -2.25.